The molecule has 2 heterocycles. The topological polar surface area (TPSA) is 75.4 Å². The van der Waals surface area contributed by atoms with Crippen molar-refractivity contribution < 1.29 is 9.59 Å². The molecule has 0 aliphatic carbocycles. The molecule has 3 rings (SSSR count). The van der Waals surface area contributed by atoms with Crippen molar-refractivity contribution in [3.63, 3.8) is 0 Å². The van der Waals surface area contributed by atoms with Crippen LogP contribution in [0.25, 0.3) is 0 Å². The number of hydrogen-bond donors (Lipinski definition) is 2. The summed E-state index contributed by atoms with van der Waals surface area (Å²) in [7, 11) is 0. The molecule has 5 nitrogen and oxygen atoms in total. The molecule has 1 saturated heterocycles. The van der Waals surface area contributed by atoms with Crippen molar-refractivity contribution in [2.24, 2.45) is 11.7 Å². The predicted molar refractivity (Wildman–Crippen MR) is 109 cm³/mol. The van der Waals surface area contributed by atoms with Gasteiger partial charge in [0.05, 0.1) is 4.88 Å². The van der Waals surface area contributed by atoms with Gasteiger partial charge in [-0.15, -0.1) is 11.3 Å². The molecule has 2 aromatic rings. The Morgan fingerprint density at radius 2 is 2.04 bits per heavy atom. The van der Waals surface area contributed by atoms with Gasteiger partial charge in [0, 0.05) is 25.6 Å². The van der Waals surface area contributed by atoms with Crippen LogP contribution in [0.2, 0.25) is 0 Å². The highest BCUT2D eigenvalue weighted by Gasteiger charge is 2.31. The van der Waals surface area contributed by atoms with E-state index in [0.717, 1.165) is 24.9 Å². The maximum atomic E-state index is 13.2. The van der Waals surface area contributed by atoms with Gasteiger partial charge in [0.15, 0.2) is 0 Å². The fraction of sp³-hybridized carbons (Fsp3) is 0.429. The van der Waals surface area contributed by atoms with Crippen LogP contribution >= 0.6 is 11.3 Å². The van der Waals surface area contributed by atoms with Crippen molar-refractivity contribution in [1.29, 1.82) is 0 Å². The number of benzene rings is 1. The molecule has 1 aliphatic heterocycles. The molecule has 3 unspecified atom stereocenters. The molecule has 0 saturated carbocycles. The van der Waals surface area contributed by atoms with Gasteiger partial charge in [-0.1, -0.05) is 36.4 Å². The highest BCUT2D eigenvalue weighted by molar-refractivity contribution is 7.12. The average Bonchev–Trinajstić information content (AvgIpc) is 3.23. The number of nitrogens with one attached hydrogen (secondary N) is 1. The second-order valence-electron chi connectivity index (χ2n) is 7.24. The lowest BCUT2D eigenvalue weighted by Gasteiger charge is -2.36. The second-order valence-corrected chi connectivity index (χ2v) is 8.19. The van der Waals surface area contributed by atoms with Crippen LogP contribution < -0.4 is 11.1 Å². The minimum absolute atomic E-state index is 0.0193. The molecule has 144 valence electrons. The quantitative estimate of drug-likeness (QED) is 0.803. The monoisotopic (exact) mass is 385 g/mol. The smallest absolute Gasteiger partial charge is 0.262 e. The van der Waals surface area contributed by atoms with Crippen molar-refractivity contribution in [2.75, 3.05) is 13.1 Å². The number of amides is 2. The number of hydrogen-bond acceptors (Lipinski definition) is 4. The number of carbonyl (C=O) groups excluding carboxylic acids is 2. The van der Waals surface area contributed by atoms with E-state index >= 15 is 0 Å². The van der Waals surface area contributed by atoms with Crippen LogP contribution in [0.3, 0.4) is 0 Å². The highest BCUT2D eigenvalue weighted by atomic mass is 32.1. The Kier molecular flexibility index (Phi) is 6.63. The lowest BCUT2D eigenvalue weighted by atomic mass is 9.91. The van der Waals surface area contributed by atoms with E-state index in [9.17, 15) is 9.59 Å². The third-order valence-electron chi connectivity index (χ3n) is 5.14. The van der Waals surface area contributed by atoms with Gasteiger partial charge in [0.1, 0.15) is 6.04 Å². The zero-order valence-electron chi connectivity index (χ0n) is 15.6. The van der Waals surface area contributed by atoms with E-state index in [1.807, 2.05) is 53.6 Å². The summed E-state index contributed by atoms with van der Waals surface area (Å²) in [5.41, 5.74) is 7.10. The van der Waals surface area contributed by atoms with Crippen LogP contribution in [0.1, 0.15) is 35.0 Å². The maximum Gasteiger partial charge on any atom is 0.262 e. The van der Waals surface area contributed by atoms with Gasteiger partial charge < -0.3 is 16.0 Å². The maximum absolute atomic E-state index is 13.2. The Morgan fingerprint density at radius 1 is 1.26 bits per heavy atom. The van der Waals surface area contributed by atoms with Crippen molar-refractivity contribution in [3.8, 4) is 0 Å². The molecule has 1 aliphatic rings. The summed E-state index contributed by atoms with van der Waals surface area (Å²) in [6, 6.07) is 12.9. The molecule has 1 aromatic heterocycles. The van der Waals surface area contributed by atoms with Crippen LogP contribution in [0.5, 0.6) is 0 Å². The van der Waals surface area contributed by atoms with Gasteiger partial charge in [-0.25, -0.2) is 0 Å². The van der Waals surface area contributed by atoms with Crippen molar-refractivity contribution >= 4 is 23.2 Å². The summed E-state index contributed by atoms with van der Waals surface area (Å²) < 4.78 is 0. The molecule has 1 aromatic carbocycles. The largest absolute Gasteiger partial charge is 0.341 e. The van der Waals surface area contributed by atoms with Crippen LogP contribution in [-0.4, -0.2) is 41.9 Å². The first kappa shape index (κ1) is 19.6. The van der Waals surface area contributed by atoms with Gasteiger partial charge in [-0.2, -0.15) is 0 Å². The number of carbonyl (C=O) groups is 2. The fourth-order valence-corrected chi connectivity index (χ4v) is 4.17. The lowest BCUT2D eigenvalue weighted by molar-refractivity contribution is -0.135. The van der Waals surface area contributed by atoms with Gasteiger partial charge in [-0.05, 0) is 42.7 Å². The van der Waals surface area contributed by atoms with Crippen LogP contribution in [0.4, 0.5) is 0 Å². The van der Waals surface area contributed by atoms with E-state index in [1.165, 1.54) is 11.3 Å². The van der Waals surface area contributed by atoms with Gasteiger partial charge >= 0.3 is 0 Å². The molecular formula is C21H27N3O2S. The average molecular weight is 386 g/mol. The van der Waals surface area contributed by atoms with Gasteiger partial charge in [0.25, 0.3) is 5.91 Å². The highest BCUT2D eigenvalue weighted by Crippen LogP contribution is 2.20. The molecule has 2 amide bonds. The van der Waals surface area contributed by atoms with Crippen LogP contribution in [0, 0.1) is 5.92 Å². The summed E-state index contributed by atoms with van der Waals surface area (Å²) >= 11 is 1.38. The summed E-state index contributed by atoms with van der Waals surface area (Å²) in [6.45, 7) is 3.39. The van der Waals surface area contributed by atoms with Crippen molar-refractivity contribution in [3.05, 3.63) is 58.3 Å². The Balaban J connectivity index is 1.75. The third kappa shape index (κ3) is 5.17. The number of piperidine rings is 1. The third-order valence-corrected chi connectivity index (χ3v) is 6.01. The van der Waals surface area contributed by atoms with E-state index in [4.69, 9.17) is 5.73 Å². The van der Waals surface area contributed by atoms with E-state index in [2.05, 4.69) is 5.32 Å². The molecule has 0 bridgehead atoms. The standard InChI is InChI=1S/C21H27N3O2S/c1-15(22)17-9-5-11-24(14-17)21(26)18(13-16-7-3-2-4-8-16)23-20(25)19-10-6-12-27-19/h2-4,6-8,10,12,15,17-18H,5,9,11,13-14,22H2,1H3,(H,23,25). The first-order valence-electron chi connectivity index (χ1n) is 9.47. The van der Waals surface area contributed by atoms with Crippen LogP contribution in [0.15, 0.2) is 47.8 Å². The molecule has 6 heteroatoms. The summed E-state index contributed by atoms with van der Waals surface area (Å²) in [4.78, 5) is 28.3. The van der Waals surface area contributed by atoms with E-state index < -0.39 is 6.04 Å². The predicted octanol–water partition coefficient (Wildman–Crippen LogP) is 2.68. The first-order chi connectivity index (χ1) is 13.0. The molecule has 3 N–H and O–H groups in total. The molecule has 1 fully saturated rings. The lowest BCUT2D eigenvalue weighted by Crippen LogP contribution is -2.53. The Labute approximate surface area is 164 Å². The number of thiophene rings is 1. The van der Waals surface area contributed by atoms with E-state index in [-0.39, 0.29) is 17.9 Å². The molecule has 0 radical (unpaired) electrons. The first-order valence-corrected chi connectivity index (χ1v) is 10.3. The normalized spacial score (nSPS) is 19.3. The van der Waals surface area contributed by atoms with Gasteiger partial charge in [0.2, 0.25) is 5.91 Å². The zero-order valence-corrected chi connectivity index (χ0v) is 16.5. The number of likely N-dealkylation sites (tertiary alicyclic amines) is 1. The number of nitrogens with two attached hydrogens (primary N) is 1. The Hall–Kier alpha value is -2.18. The molecule has 27 heavy (non-hydrogen) atoms. The summed E-state index contributed by atoms with van der Waals surface area (Å²) in [5, 5.41) is 4.82. The minimum atomic E-state index is -0.575. The van der Waals surface area contributed by atoms with Gasteiger partial charge in [-0.3, -0.25) is 9.59 Å². The summed E-state index contributed by atoms with van der Waals surface area (Å²) in [6.07, 6.45) is 2.48. The minimum Gasteiger partial charge on any atom is -0.341 e. The fourth-order valence-electron chi connectivity index (χ4n) is 3.55. The SMILES string of the molecule is CC(N)C1CCCN(C(=O)C(Cc2ccccc2)NC(=O)c2cccs2)C1. The van der Waals surface area contributed by atoms with E-state index in [1.54, 1.807) is 6.07 Å². The van der Waals surface area contributed by atoms with E-state index in [0.29, 0.717) is 23.8 Å². The zero-order chi connectivity index (χ0) is 19.2. The molecule has 3 atom stereocenters. The van der Waals surface area contributed by atoms with Crippen LogP contribution in [-0.2, 0) is 11.2 Å². The Bertz CT molecular complexity index is 746. The van der Waals surface area contributed by atoms with Crippen molar-refractivity contribution in [1.82, 2.24) is 10.2 Å². The second kappa shape index (κ2) is 9.15. The van der Waals surface area contributed by atoms with Crippen molar-refractivity contribution in [2.45, 2.75) is 38.3 Å². The molecule has 0 spiro atoms. The summed E-state index contributed by atoms with van der Waals surface area (Å²) in [5.74, 6) is 0.0993. The number of rotatable bonds is 6. The number of nitrogens with zero attached hydrogens (tertiary/aromatic N) is 1. The Morgan fingerprint density at radius 3 is 2.70 bits per heavy atom. The molecular weight excluding hydrogens is 358 g/mol.